The molecule has 1 heterocycles. The molecule has 4 heteroatoms. The zero-order valence-electron chi connectivity index (χ0n) is 10.9. The number of carbonyl (C=O) groups excluding carboxylic acids is 1. The van der Waals surface area contributed by atoms with Crippen LogP contribution in [-0.2, 0) is 6.42 Å². The van der Waals surface area contributed by atoms with E-state index >= 15 is 0 Å². The van der Waals surface area contributed by atoms with Gasteiger partial charge < -0.3 is 4.74 Å². The minimum atomic E-state index is 0.00301. The van der Waals surface area contributed by atoms with Gasteiger partial charge in [-0.25, -0.2) is 0 Å². The van der Waals surface area contributed by atoms with Gasteiger partial charge in [0.25, 0.3) is 0 Å². The first-order chi connectivity index (χ1) is 9.58. The highest BCUT2D eigenvalue weighted by molar-refractivity contribution is 9.10. The predicted molar refractivity (Wildman–Crippen MR) is 85.7 cm³/mol. The molecule has 0 saturated carbocycles. The molecule has 0 saturated heterocycles. The number of halogens is 2. The topological polar surface area (TPSA) is 26.3 Å². The second-order valence-corrected chi connectivity index (χ2v) is 6.55. The quantitative estimate of drug-likeness (QED) is 0.689. The van der Waals surface area contributed by atoms with E-state index in [9.17, 15) is 4.79 Å². The maximum absolute atomic E-state index is 12.8. The molecule has 2 aromatic rings. The molecule has 102 valence electrons. The normalized spacial score (nSPS) is 12.9. The van der Waals surface area contributed by atoms with Gasteiger partial charge in [-0.15, -0.1) is 0 Å². The van der Waals surface area contributed by atoms with Gasteiger partial charge in [0, 0.05) is 20.9 Å². The maximum atomic E-state index is 12.8. The van der Waals surface area contributed by atoms with Crippen molar-refractivity contribution in [1.82, 2.24) is 0 Å². The van der Waals surface area contributed by atoms with Gasteiger partial charge >= 0.3 is 0 Å². The molecule has 0 radical (unpaired) electrons. The summed E-state index contributed by atoms with van der Waals surface area (Å²) >= 11 is 6.94. The van der Waals surface area contributed by atoms with Crippen LogP contribution in [0.25, 0.3) is 0 Å². The molecule has 0 amide bonds. The van der Waals surface area contributed by atoms with Crippen LogP contribution < -0.4 is 4.74 Å². The van der Waals surface area contributed by atoms with Crippen LogP contribution in [0.5, 0.6) is 5.75 Å². The highest BCUT2D eigenvalue weighted by Gasteiger charge is 2.23. The van der Waals surface area contributed by atoms with Gasteiger partial charge in [-0.05, 0) is 36.2 Å². The molecule has 0 unspecified atom stereocenters. The summed E-state index contributed by atoms with van der Waals surface area (Å²) in [5, 5.41) is 0. The Hall–Kier alpha value is -1.13. The Bertz CT molecular complexity index is 708. The summed E-state index contributed by atoms with van der Waals surface area (Å²) in [6.45, 7) is 2.58. The lowest BCUT2D eigenvalue weighted by atomic mass is 9.97. The molecular weight excluding hydrogens is 384 g/mol. The Labute approximate surface area is 134 Å². The predicted octanol–water partition coefficient (Wildman–Crippen LogP) is 4.69. The van der Waals surface area contributed by atoms with Crippen molar-refractivity contribution in [3.05, 3.63) is 61.5 Å². The summed E-state index contributed by atoms with van der Waals surface area (Å²) in [6.07, 6.45) is 0.854. The van der Waals surface area contributed by atoms with Crippen molar-refractivity contribution in [3.8, 4) is 5.75 Å². The molecule has 3 rings (SSSR count). The standard InChI is InChI=1S/C16H12Br2O2/c1-9-12(3-2-4-14(9)18)15(19)13-8-11(17)7-10-5-6-20-16(10)13/h2-4,7-8H,5-6H2,1H3. The third kappa shape index (κ3) is 2.31. The van der Waals surface area contributed by atoms with Crippen molar-refractivity contribution in [1.29, 1.82) is 0 Å². The van der Waals surface area contributed by atoms with Crippen molar-refractivity contribution >= 4 is 37.6 Å². The molecule has 20 heavy (non-hydrogen) atoms. The van der Waals surface area contributed by atoms with E-state index < -0.39 is 0 Å². The number of ether oxygens (including phenoxy) is 1. The van der Waals surface area contributed by atoms with Crippen molar-refractivity contribution in [2.75, 3.05) is 6.61 Å². The van der Waals surface area contributed by atoms with Crippen LogP contribution in [-0.4, -0.2) is 12.4 Å². The maximum Gasteiger partial charge on any atom is 0.197 e. The Morgan fingerprint density at radius 2 is 2.00 bits per heavy atom. The first kappa shape index (κ1) is 13.8. The lowest BCUT2D eigenvalue weighted by molar-refractivity contribution is 0.103. The minimum absolute atomic E-state index is 0.00301. The van der Waals surface area contributed by atoms with Gasteiger partial charge in [0.2, 0.25) is 0 Å². The molecular formula is C16H12Br2O2. The number of carbonyl (C=O) groups is 1. The Morgan fingerprint density at radius 1 is 1.20 bits per heavy atom. The molecule has 2 nitrogen and oxygen atoms in total. The first-order valence-corrected chi connectivity index (χ1v) is 7.91. The van der Waals surface area contributed by atoms with E-state index in [0.29, 0.717) is 17.7 Å². The first-order valence-electron chi connectivity index (χ1n) is 6.33. The summed E-state index contributed by atoms with van der Waals surface area (Å²) in [6, 6.07) is 9.53. The van der Waals surface area contributed by atoms with Crippen molar-refractivity contribution in [3.63, 3.8) is 0 Å². The SMILES string of the molecule is Cc1c(Br)cccc1C(=O)c1cc(Br)cc2c1OCC2. The van der Waals surface area contributed by atoms with E-state index in [2.05, 4.69) is 31.9 Å². The van der Waals surface area contributed by atoms with Crippen LogP contribution in [0.1, 0.15) is 27.0 Å². The van der Waals surface area contributed by atoms with Crippen LogP contribution in [0.15, 0.2) is 39.3 Å². The molecule has 0 aliphatic carbocycles. The van der Waals surface area contributed by atoms with E-state index in [0.717, 1.165) is 32.2 Å². The fourth-order valence-electron chi connectivity index (χ4n) is 2.44. The molecule has 0 fully saturated rings. The van der Waals surface area contributed by atoms with E-state index in [1.54, 1.807) is 0 Å². The number of benzene rings is 2. The van der Waals surface area contributed by atoms with E-state index in [1.165, 1.54) is 0 Å². The second-order valence-electron chi connectivity index (χ2n) is 4.78. The summed E-state index contributed by atoms with van der Waals surface area (Å²) in [7, 11) is 0. The molecule has 1 aliphatic heterocycles. The highest BCUT2D eigenvalue weighted by Crippen LogP contribution is 2.35. The van der Waals surface area contributed by atoms with Crippen molar-refractivity contribution in [2.45, 2.75) is 13.3 Å². The zero-order chi connectivity index (χ0) is 14.3. The van der Waals surface area contributed by atoms with Gasteiger partial charge in [-0.1, -0.05) is 44.0 Å². The van der Waals surface area contributed by atoms with Gasteiger partial charge in [0.05, 0.1) is 12.2 Å². The number of fused-ring (bicyclic) bond motifs is 1. The smallest absolute Gasteiger partial charge is 0.197 e. The third-order valence-corrected chi connectivity index (χ3v) is 4.82. The largest absolute Gasteiger partial charge is 0.492 e. The van der Waals surface area contributed by atoms with Gasteiger partial charge in [-0.3, -0.25) is 4.79 Å². The van der Waals surface area contributed by atoms with E-state index in [1.807, 2.05) is 37.3 Å². The van der Waals surface area contributed by atoms with Crippen LogP contribution >= 0.6 is 31.9 Å². The Morgan fingerprint density at radius 3 is 2.80 bits per heavy atom. The third-order valence-electron chi connectivity index (χ3n) is 3.51. The monoisotopic (exact) mass is 394 g/mol. The van der Waals surface area contributed by atoms with E-state index in [4.69, 9.17) is 4.74 Å². The second kappa shape index (κ2) is 5.34. The fourth-order valence-corrected chi connectivity index (χ4v) is 3.31. The number of rotatable bonds is 2. The highest BCUT2D eigenvalue weighted by atomic mass is 79.9. The summed E-state index contributed by atoms with van der Waals surface area (Å²) < 4.78 is 7.50. The average molecular weight is 396 g/mol. The molecule has 0 atom stereocenters. The number of hydrogen-bond acceptors (Lipinski definition) is 2. The average Bonchev–Trinajstić information content (AvgIpc) is 2.88. The summed E-state index contributed by atoms with van der Waals surface area (Å²) in [4.78, 5) is 12.8. The Balaban J connectivity index is 2.14. The minimum Gasteiger partial charge on any atom is -0.492 e. The van der Waals surface area contributed by atoms with Crippen LogP contribution in [0.2, 0.25) is 0 Å². The molecule has 2 aromatic carbocycles. The molecule has 0 aromatic heterocycles. The van der Waals surface area contributed by atoms with Crippen molar-refractivity contribution in [2.24, 2.45) is 0 Å². The van der Waals surface area contributed by atoms with Gasteiger partial charge in [0.1, 0.15) is 5.75 Å². The number of ketones is 1. The molecule has 1 aliphatic rings. The van der Waals surface area contributed by atoms with Crippen LogP contribution in [0.4, 0.5) is 0 Å². The summed E-state index contributed by atoms with van der Waals surface area (Å²) in [5.41, 5.74) is 3.38. The van der Waals surface area contributed by atoms with Gasteiger partial charge in [-0.2, -0.15) is 0 Å². The Kier molecular flexibility index (Phi) is 3.69. The van der Waals surface area contributed by atoms with Crippen LogP contribution in [0.3, 0.4) is 0 Å². The summed E-state index contributed by atoms with van der Waals surface area (Å²) in [5.74, 6) is 0.737. The lowest BCUT2D eigenvalue weighted by Gasteiger charge is -2.11. The van der Waals surface area contributed by atoms with Gasteiger partial charge in [0.15, 0.2) is 5.78 Å². The van der Waals surface area contributed by atoms with Crippen LogP contribution in [0, 0.1) is 6.92 Å². The number of hydrogen-bond donors (Lipinski definition) is 0. The molecule has 0 bridgehead atoms. The fraction of sp³-hybridized carbons (Fsp3) is 0.188. The molecule has 0 N–H and O–H groups in total. The molecule has 0 spiro atoms. The lowest BCUT2D eigenvalue weighted by Crippen LogP contribution is -2.06. The van der Waals surface area contributed by atoms with E-state index in [-0.39, 0.29) is 5.78 Å². The zero-order valence-corrected chi connectivity index (χ0v) is 14.0. The van der Waals surface area contributed by atoms with Crippen molar-refractivity contribution < 1.29 is 9.53 Å².